The second kappa shape index (κ2) is 10.7. The molecule has 11 nitrogen and oxygen atoms in total. The number of likely N-dealkylation sites (N-methyl/N-ethyl adjacent to an activating group) is 1. The van der Waals surface area contributed by atoms with Gasteiger partial charge in [0, 0.05) is 42.1 Å². The highest BCUT2D eigenvalue weighted by atomic mass is 32.1. The predicted octanol–water partition coefficient (Wildman–Crippen LogP) is 3.37. The molecule has 1 N–H and O–H groups in total. The molecule has 1 fully saturated rings. The van der Waals surface area contributed by atoms with Gasteiger partial charge in [-0.05, 0) is 51.7 Å². The zero-order chi connectivity index (χ0) is 27.7. The number of hydrogen-bond donors (Lipinski definition) is 1. The van der Waals surface area contributed by atoms with Crippen LogP contribution in [0.4, 0.5) is 5.13 Å². The van der Waals surface area contributed by atoms with Crippen molar-refractivity contribution >= 4 is 38.8 Å². The number of anilines is 1. The van der Waals surface area contributed by atoms with E-state index in [0.29, 0.717) is 57.7 Å². The quantitative estimate of drug-likeness (QED) is 0.389. The number of carbonyl (C=O) groups is 2. The molecule has 0 radical (unpaired) electrons. The predicted molar refractivity (Wildman–Crippen MR) is 147 cm³/mol. The molecule has 1 aromatic carbocycles. The Morgan fingerprint density at radius 1 is 1.18 bits per heavy atom. The van der Waals surface area contributed by atoms with E-state index in [0.717, 1.165) is 17.8 Å². The number of methoxy groups -OCH3 is 1. The summed E-state index contributed by atoms with van der Waals surface area (Å²) in [6.45, 7) is 3.13. The highest BCUT2D eigenvalue weighted by Crippen LogP contribution is 2.34. The Hall–Kier alpha value is -4.47. The molecule has 0 saturated carbocycles. The normalized spacial score (nSPS) is 15.0. The number of amides is 2. The van der Waals surface area contributed by atoms with Crippen LogP contribution >= 0.6 is 11.3 Å². The first-order chi connectivity index (χ1) is 18.8. The summed E-state index contributed by atoms with van der Waals surface area (Å²) < 4.78 is 5.50. The number of nitrogens with one attached hydrogen (secondary N) is 1. The summed E-state index contributed by atoms with van der Waals surface area (Å²) in [7, 11) is 5.55. The third-order valence-corrected chi connectivity index (χ3v) is 7.50. The first-order valence-corrected chi connectivity index (χ1v) is 13.0. The molecule has 4 aromatic rings. The van der Waals surface area contributed by atoms with E-state index in [9.17, 15) is 14.9 Å². The van der Waals surface area contributed by atoms with Crippen LogP contribution in [0.1, 0.15) is 38.5 Å². The summed E-state index contributed by atoms with van der Waals surface area (Å²) in [5.74, 6) is -0.0881. The van der Waals surface area contributed by atoms with Crippen molar-refractivity contribution in [2.75, 3.05) is 39.6 Å². The number of likely N-dealkylation sites (tertiary alicyclic amines) is 1. The number of pyridine rings is 1. The molecule has 0 aliphatic carbocycles. The lowest BCUT2D eigenvalue weighted by molar-refractivity contribution is 0.0777. The minimum absolute atomic E-state index is 0.170. The van der Waals surface area contributed by atoms with Crippen molar-refractivity contribution in [2.24, 2.45) is 0 Å². The van der Waals surface area contributed by atoms with Crippen LogP contribution in [0.3, 0.4) is 0 Å². The number of aryl methyl sites for hydroxylation is 1. The number of carbonyl (C=O) groups excluding carboxylic acids is 2. The lowest BCUT2D eigenvalue weighted by Crippen LogP contribution is -2.34. The van der Waals surface area contributed by atoms with Crippen LogP contribution in [0.25, 0.3) is 21.6 Å². The number of benzene rings is 1. The first-order valence-electron chi connectivity index (χ1n) is 12.2. The van der Waals surface area contributed by atoms with Crippen molar-refractivity contribution in [1.29, 1.82) is 5.26 Å². The lowest BCUT2D eigenvalue weighted by Gasteiger charge is -2.20. The van der Waals surface area contributed by atoms with E-state index in [1.807, 2.05) is 21.0 Å². The highest BCUT2D eigenvalue weighted by molar-refractivity contribution is 7.21. The van der Waals surface area contributed by atoms with Gasteiger partial charge < -0.3 is 14.5 Å². The smallest absolute Gasteiger partial charge is 0.274 e. The number of ether oxygens (including phenoxy) is 1. The fraction of sp³-hybridized carbons (Fsp3) is 0.296. The topological polar surface area (TPSA) is 137 Å². The maximum atomic E-state index is 13.4. The lowest BCUT2D eigenvalue weighted by atomic mass is 9.97. The second-order valence-corrected chi connectivity index (χ2v) is 10.4. The Morgan fingerprint density at radius 2 is 2.00 bits per heavy atom. The maximum Gasteiger partial charge on any atom is 0.274 e. The van der Waals surface area contributed by atoms with Gasteiger partial charge in [0.15, 0.2) is 15.6 Å². The molecule has 0 unspecified atom stereocenters. The third-order valence-electron chi connectivity index (χ3n) is 6.65. The molecule has 3 aromatic heterocycles. The number of thiazole rings is 1. The molecule has 39 heavy (non-hydrogen) atoms. The largest absolute Gasteiger partial charge is 0.496 e. The highest BCUT2D eigenvalue weighted by Gasteiger charge is 2.29. The van der Waals surface area contributed by atoms with E-state index in [-0.39, 0.29) is 22.3 Å². The minimum Gasteiger partial charge on any atom is -0.496 e. The van der Waals surface area contributed by atoms with Crippen LogP contribution in [-0.4, -0.2) is 81.9 Å². The van der Waals surface area contributed by atoms with Crippen LogP contribution in [0, 0.1) is 18.3 Å². The number of fused-ring (bicyclic) bond motifs is 1. The molecule has 4 heterocycles. The van der Waals surface area contributed by atoms with Crippen LogP contribution in [-0.2, 0) is 0 Å². The van der Waals surface area contributed by atoms with E-state index in [1.165, 1.54) is 19.5 Å². The zero-order valence-corrected chi connectivity index (χ0v) is 22.7. The Bertz CT molecular complexity index is 1630. The van der Waals surface area contributed by atoms with Crippen molar-refractivity contribution in [3.8, 4) is 22.9 Å². The van der Waals surface area contributed by atoms with Crippen LogP contribution in [0.5, 0.6) is 5.75 Å². The van der Waals surface area contributed by atoms with Crippen molar-refractivity contribution in [1.82, 2.24) is 29.7 Å². The van der Waals surface area contributed by atoms with E-state index in [4.69, 9.17) is 4.74 Å². The summed E-state index contributed by atoms with van der Waals surface area (Å²) in [5, 5.41) is 12.5. The molecule has 5 rings (SSSR count). The Balaban J connectivity index is 1.41. The van der Waals surface area contributed by atoms with Gasteiger partial charge in [-0.25, -0.2) is 9.97 Å². The zero-order valence-electron chi connectivity index (χ0n) is 21.9. The molecule has 1 aliphatic rings. The van der Waals surface area contributed by atoms with Crippen molar-refractivity contribution in [2.45, 2.75) is 19.4 Å². The summed E-state index contributed by atoms with van der Waals surface area (Å²) in [6.07, 6.45) is 3.82. The number of aromatic nitrogens is 4. The summed E-state index contributed by atoms with van der Waals surface area (Å²) in [5.41, 5.74) is 3.18. The van der Waals surface area contributed by atoms with E-state index in [2.05, 4.69) is 36.2 Å². The molecular weight excluding hydrogens is 516 g/mol. The summed E-state index contributed by atoms with van der Waals surface area (Å²) in [4.78, 5) is 48.2. The van der Waals surface area contributed by atoms with Gasteiger partial charge in [0.2, 0.25) is 0 Å². The van der Waals surface area contributed by atoms with Crippen LogP contribution < -0.4 is 10.1 Å². The van der Waals surface area contributed by atoms with Gasteiger partial charge >= 0.3 is 0 Å². The first kappa shape index (κ1) is 26.1. The molecule has 0 spiro atoms. The molecule has 198 valence electrons. The van der Waals surface area contributed by atoms with E-state index < -0.39 is 5.91 Å². The third kappa shape index (κ3) is 5.27. The summed E-state index contributed by atoms with van der Waals surface area (Å²) >= 11 is 1.13. The van der Waals surface area contributed by atoms with Crippen LogP contribution in [0.2, 0.25) is 0 Å². The van der Waals surface area contributed by atoms with E-state index >= 15 is 0 Å². The molecule has 2 amide bonds. The van der Waals surface area contributed by atoms with Crippen molar-refractivity contribution in [3.05, 3.63) is 59.2 Å². The number of rotatable bonds is 6. The average Bonchev–Trinajstić information content (AvgIpc) is 3.59. The standard InChI is InChI=1S/C27H26N8O3S/c1-15-9-18(19-10-16(11-28)5-6-22(19)38-4)20(12-29-15)24(36)33-27-32-23-25(39-27)31-21(13-30-23)26(37)35-8-7-17(14-35)34(2)3/h5-6,9-10,12-13,17H,7-8,14H2,1-4H3,(H,30,32,33,36)/t17-/m0/s1. The fourth-order valence-corrected chi connectivity index (χ4v) is 5.30. The molecule has 0 bridgehead atoms. The van der Waals surface area contributed by atoms with Crippen molar-refractivity contribution < 1.29 is 14.3 Å². The molecule has 1 atom stereocenters. The number of nitriles is 1. The monoisotopic (exact) mass is 542 g/mol. The molecule has 12 heteroatoms. The second-order valence-electron chi connectivity index (χ2n) is 9.41. The molecule has 1 saturated heterocycles. The average molecular weight is 543 g/mol. The van der Waals surface area contributed by atoms with Gasteiger partial charge in [-0.1, -0.05) is 11.3 Å². The Kier molecular flexibility index (Phi) is 7.19. The van der Waals surface area contributed by atoms with Gasteiger partial charge in [0.1, 0.15) is 11.4 Å². The van der Waals surface area contributed by atoms with Gasteiger partial charge in [0.05, 0.1) is 30.5 Å². The van der Waals surface area contributed by atoms with Gasteiger partial charge in [-0.2, -0.15) is 10.2 Å². The van der Waals surface area contributed by atoms with E-state index in [1.54, 1.807) is 29.2 Å². The molecular formula is C27H26N8O3S. The molecule has 1 aliphatic heterocycles. The van der Waals surface area contributed by atoms with Crippen molar-refractivity contribution in [3.63, 3.8) is 0 Å². The van der Waals surface area contributed by atoms with Gasteiger partial charge in [0.25, 0.3) is 11.8 Å². The SMILES string of the molecule is COc1ccc(C#N)cc1-c1cc(C)ncc1C(=O)Nc1nc2ncc(C(=O)N3CC[C@H](N(C)C)C3)nc2s1. The Labute approximate surface area is 229 Å². The number of nitrogens with zero attached hydrogens (tertiary/aromatic N) is 7. The number of hydrogen-bond acceptors (Lipinski definition) is 10. The Morgan fingerprint density at radius 3 is 2.72 bits per heavy atom. The van der Waals surface area contributed by atoms with Gasteiger partial charge in [-0.15, -0.1) is 0 Å². The summed E-state index contributed by atoms with van der Waals surface area (Å²) in [6, 6.07) is 9.23. The minimum atomic E-state index is -0.441. The fourth-order valence-electron chi connectivity index (χ4n) is 4.50. The van der Waals surface area contributed by atoms with Crippen LogP contribution in [0.15, 0.2) is 36.7 Å². The maximum absolute atomic E-state index is 13.4. The van der Waals surface area contributed by atoms with Gasteiger partial charge in [-0.3, -0.25) is 19.9 Å².